The molecular formula is C12H16F3N3O2S. The highest BCUT2D eigenvalue weighted by atomic mass is 32.2. The predicted octanol–water partition coefficient (Wildman–Crippen LogP) is 1.69. The van der Waals surface area contributed by atoms with Gasteiger partial charge < -0.3 is 5.73 Å². The molecule has 1 aromatic rings. The van der Waals surface area contributed by atoms with Crippen molar-refractivity contribution in [3.05, 3.63) is 29.6 Å². The summed E-state index contributed by atoms with van der Waals surface area (Å²) in [5.41, 5.74) is 5.26. The second-order valence-electron chi connectivity index (χ2n) is 4.51. The van der Waals surface area contributed by atoms with Crippen LogP contribution in [-0.2, 0) is 10.0 Å². The monoisotopic (exact) mass is 323 g/mol. The van der Waals surface area contributed by atoms with Crippen LogP contribution >= 0.6 is 0 Å². The van der Waals surface area contributed by atoms with E-state index < -0.39 is 38.3 Å². The van der Waals surface area contributed by atoms with E-state index in [-0.39, 0.29) is 18.9 Å². The maximum absolute atomic E-state index is 13.6. The van der Waals surface area contributed by atoms with Crippen molar-refractivity contribution < 1.29 is 21.6 Å². The average molecular weight is 323 g/mol. The molecule has 0 spiro atoms. The maximum Gasteiger partial charge on any atom is 0.248 e. The van der Waals surface area contributed by atoms with Crippen molar-refractivity contribution in [1.82, 2.24) is 4.31 Å². The van der Waals surface area contributed by atoms with Crippen molar-refractivity contribution in [2.45, 2.75) is 18.7 Å². The first-order valence-corrected chi connectivity index (χ1v) is 7.53. The summed E-state index contributed by atoms with van der Waals surface area (Å²) < 4.78 is 65.5. The van der Waals surface area contributed by atoms with Crippen LogP contribution < -0.4 is 5.73 Å². The van der Waals surface area contributed by atoms with Crippen molar-refractivity contribution in [3.8, 4) is 0 Å². The smallest absolute Gasteiger partial charge is 0.248 e. The number of benzene rings is 1. The normalized spacial score (nSPS) is 13.4. The number of nitrogens with one attached hydrogen (secondary N) is 1. The highest BCUT2D eigenvalue weighted by molar-refractivity contribution is 7.89. The molecule has 9 heteroatoms. The van der Waals surface area contributed by atoms with Crippen LogP contribution in [0.2, 0.25) is 0 Å². The van der Waals surface area contributed by atoms with Crippen molar-refractivity contribution in [2.75, 3.05) is 13.1 Å². The van der Waals surface area contributed by atoms with Gasteiger partial charge in [-0.05, 0) is 0 Å². The van der Waals surface area contributed by atoms with E-state index in [1.165, 1.54) is 13.8 Å². The Labute approximate surface area is 121 Å². The van der Waals surface area contributed by atoms with Gasteiger partial charge in [0.05, 0.1) is 5.84 Å². The van der Waals surface area contributed by atoms with Gasteiger partial charge in [0.1, 0.15) is 17.5 Å². The Morgan fingerprint density at radius 3 is 2.19 bits per heavy atom. The minimum atomic E-state index is -4.49. The number of nitrogens with zero attached hydrogens (tertiary/aromatic N) is 1. The Hall–Kier alpha value is -1.61. The summed E-state index contributed by atoms with van der Waals surface area (Å²) in [5, 5.41) is 7.25. The molecule has 1 unspecified atom stereocenters. The first-order valence-electron chi connectivity index (χ1n) is 6.09. The summed E-state index contributed by atoms with van der Waals surface area (Å²) in [4.78, 5) is -1.21. The summed E-state index contributed by atoms with van der Waals surface area (Å²) in [6.07, 6.45) is 0. The van der Waals surface area contributed by atoms with Crippen LogP contribution in [0, 0.1) is 28.8 Å². The molecule has 0 aliphatic rings. The second-order valence-corrected chi connectivity index (χ2v) is 6.39. The minimum Gasteiger partial charge on any atom is -0.387 e. The molecule has 0 aliphatic carbocycles. The molecule has 5 nitrogen and oxygen atoms in total. The van der Waals surface area contributed by atoms with E-state index in [2.05, 4.69) is 0 Å². The highest BCUT2D eigenvalue weighted by Gasteiger charge is 2.31. The van der Waals surface area contributed by atoms with E-state index in [0.29, 0.717) is 12.1 Å². The molecule has 0 saturated carbocycles. The van der Waals surface area contributed by atoms with Gasteiger partial charge in [0.2, 0.25) is 10.0 Å². The number of nitrogens with two attached hydrogens (primary N) is 1. The molecule has 0 radical (unpaired) electrons. The first kappa shape index (κ1) is 17.4. The molecule has 0 saturated heterocycles. The third kappa shape index (κ3) is 3.73. The summed E-state index contributed by atoms with van der Waals surface area (Å²) in [5.74, 6) is -5.07. The fraction of sp³-hybridized carbons (Fsp3) is 0.417. The molecule has 0 fully saturated rings. The molecule has 3 N–H and O–H groups in total. The van der Waals surface area contributed by atoms with Crippen molar-refractivity contribution in [1.29, 1.82) is 5.41 Å². The van der Waals surface area contributed by atoms with E-state index in [0.717, 1.165) is 4.31 Å². The van der Waals surface area contributed by atoms with Gasteiger partial charge in [-0.2, -0.15) is 4.31 Å². The van der Waals surface area contributed by atoms with Crippen molar-refractivity contribution in [2.24, 2.45) is 11.7 Å². The molecule has 0 heterocycles. The molecule has 118 valence electrons. The fourth-order valence-electron chi connectivity index (χ4n) is 1.71. The molecule has 0 aliphatic heterocycles. The molecule has 1 atom stereocenters. The number of sulfonamides is 1. The van der Waals surface area contributed by atoms with Crippen LogP contribution in [0.4, 0.5) is 13.2 Å². The lowest BCUT2D eigenvalue weighted by molar-refractivity contribution is 0.394. The van der Waals surface area contributed by atoms with E-state index in [9.17, 15) is 21.6 Å². The Balaban J connectivity index is 3.29. The lowest BCUT2D eigenvalue weighted by Gasteiger charge is -2.23. The maximum atomic E-state index is 13.6. The van der Waals surface area contributed by atoms with Crippen LogP contribution in [0.25, 0.3) is 0 Å². The number of amidine groups is 1. The Morgan fingerprint density at radius 1 is 1.33 bits per heavy atom. The number of hydrogen-bond acceptors (Lipinski definition) is 3. The Kier molecular flexibility index (Phi) is 5.35. The molecule has 21 heavy (non-hydrogen) atoms. The van der Waals surface area contributed by atoms with Gasteiger partial charge in [-0.15, -0.1) is 0 Å². The van der Waals surface area contributed by atoms with Crippen LogP contribution in [0.15, 0.2) is 17.0 Å². The van der Waals surface area contributed by atoms with Crippen LogP contribution in [0.5, 0.6) is 0 Å². The van der Waals surface area contributed by atoms with Gasteiger partial charge in [-0.3, -0.25) is 5.41 Å². The predicted molar refractivity (Wildman–Crippen MR) is 71.8 cm³/mol. The van der Waals surface area contributed by atoms with Gasteiger partial charge in [0, 0.05) is 31.1 Å². The molecule has 1 rings (SSSR count). The van der Waals surface area contributed by atoms with Gasteiger partial charge >= 0.3 is 0 Å². The van der Waals surface area contributed by atoms with Gasteiger partial charge in [-0.1, -0.05) is 13.8 Å². The zero-order chi connectivity index (χ0) is 16.4. The van der Waals surface area contributed by atoms with Crippen LogP contribution in [-0.4, -0.2) is 31.6 Å². The standard InChI is InChI=1S/C12H16F3N3O2S/c1-3-18(6-7(2)12(16)17)21(19,20)11-9(14)4-8(13)5-10(11)15/h4-5,7H,3,6H2,1-2H3,(H3,16,17). The molecule has 0 aromatic heterocycles. The lowest BCUT2D eigenvalue weighted by Crippen LogP contribution is -2.39. The van der Waals surface area contributed by atoms with Gasteiger partial charge in [0.15, 0.2) is 4.90 Å². The van der Waals surface area contributed by atoms with Crippen LogP contribution in [0.3, 0.4) is 0 Å². The van der Waals surface area contributed by atoms with E-state index >= 15 is 0 Å². The third-order valence-corrected chi connectivity index (χ3v) is 4.92. The molecule has 0 amide bonds. The third-order valence-electron chi connectivity index (χ3n) is 2.92. The topological polar surface area (TPSA) is 87.2 Å². The summed E-state index contributed by atoms with van der Waals surface area (Å²) in [6.45, 7) is 2.71. The van der Waals surface area contributed by atoms with Crippen molar-refractivity contribution >= 4 is 15.9 Å². The Morgan fingerprint density at radius 2 is 1.81 bits per heavy atom. The molecule has 0 bridgehead atoms. The van der Waals surface area contributed by atoms with E-state index in [1.54, 1.807) is 0 Å². The number of hydrogen-bond donors (Lipinski definition) is 2. The fourth-order valence-corrected chi connectivity index (χ4v) is 3.33. The summed E-state index contributed by atoms with van der Waals surface area (Å²) in [7, 11) is -4.49. The van der Waals surface area contributed by atoms with Gasteiger partial charge in [-0.25, -0.2) is 21.6 Å². The largest absolute Gasteiger partial charge is 0.387 e. The summed E-state index contributed by atoms with van der Waals surface area (Å²) >= 11 is 0. The molecule has 1 aromatic carbocycles. The highest BCUT2D eigenvalue weighted by Crippen LogP contribution is 2.24. The number of rotatable bonds is 6. The molecular weight excluding hydrogens is 307 g/mol. The van der Waals surface area contributed by atoms with Gasteiger partial charge in [0.25, 0.3) is 0 Å². The average Bonchev–Trinajstić information content (AvgIpc) is 2.33. The van der Waals surface area contributed by atoms with E-state index in [4.69, 9.17) is 11.1 Å². The van der Waals surface area contributed by atoms with Crippen LogP contribution in [0.1, 0.15) is 13.8 Å². The zero-order valence-electron chi connectivity index (χ0n) is 11.5. The Bertz CT molecular complexity index is 626. The second kappa shape index (κ2) is 6.44. The quantitative estimate of drug-likeness (QED) is 0.617. The lowest BCUT2D eigenvalue weighted by atomic mass is 10.1. The SMILES string of the molecule is CCN(CC(C)C(=N)N)S(=O)(=O)c1c(F)cc(F)cc1F. The number of halogens is 3. The summed E-state index contributed by atoms with van der Waals surface area (Å²) in [6, 6.07) is 0.608. The van der Waals surface area contributed by atoms with Crippen molar-refractivity contribution in [3.63, 3.8) is 0 Å². The zero-order valence-corrected chi connectivity index (χ0v) is 12.3. The minimum absolute atomic E-state index is 0.0732. The first-order chi connectivity index (χ1) is 9.61. The van der Waals surface area contributed by atoms with E-state index in [1.807, 2.05) is 0 Å².